The van der Waals surface area contributed by atoms with Crippen LogP contribution in [0.25, 0.3) is 0 Å². The number of likely N-dealkylation sites (N-methyl/N-ethyl adjacent to an activating group) is 1. The Balaban J connectivity index is 2.30. The van der Waals surface area contributed by atoms with Crippen molar-refractivity contribution in [3.8, 4) is 0 Å². The Morgan fingerprint density at radius 3 is 2.45 bits per heavy atom. The second-order valence-electron chi connectivity index (χ2n) is 5.66. The fourth-order valence-corrected chi connectivity index (χ4v) is 3.80. The van der Waals surface area contributed by atoms with Crippen molar-refractivity contribution in [2.45, 2.75) is 44.3 Å². The molecular formula is C16H27N3S. The number of hydrogen-bond donors (Lipinski definition) is 1. The highest BCUT2D eigenvalue weighted by molar-refractivity contribution is 7.99. The lowest BCUT2D eigenvalue weighted by molar-refractivity contribution is 0.170. The van der Waals surface area contributed by atoms with E-state index in [1.54, 1.807) is 0 Å². The van der Waals surface area contributed by atoms with E-state index in [0.717, 1.165) is 18.8 Å². The van der Waals surface area contributed by atoms with E-state index in [2.05, 4.69) is 55.8 Å². The first-order chi connectivity index (χ1) is 9.58. The number of anilines is 1. The van der Waals surface area contributed by atoms with Crippen LogP contribution < -0.4 is 10.6 Å². The molecule has 1 aromatic rings. The van der Waals surface area contributed by atoms with Gasteiger partial charge in [-0.05, 0) is 38.8 Å². The second-order valence-corrected chi connectivity index (χ2v) is 6.97. The molecule has 3 nitrogen and oxygen atoms in total. The molecule has 1 aromatic carbocycles. The third kappa shape index (κ3) is 3.13. The highest BCUT2D eigenvalue weighted by atomic mass is 32.2. The maximum Gasteiger partial charge on any atom is 0.0424 e. The number of nitrogens with zero attached hydrogens (tertiary/aromatic N) is 2. The molecule has 1 heterocycles. The van der Waals surface area contributed by atoms with Gasteiger partial charge in [-0.3, -0.25) is 4.90 Å². The molecule has 2 N–H and O–H groups in total. The predicted octanol–water partition coefficient (Wildman–Crippen LogP) is 2.79. The van der Waals surface area contributed by atoms with Gasteiger partial charge in [0.1, 0.15) is 0 Å². The molecule has 2 rings (SSSR count). The fraction of sp³-hybridized carbons (Fsp3) is 0.625. The van der Waals surface area contributed by atoms with Gasteiger partial charge in [0.15, 0.2) is 0 Å². The van der Waals surface area contributed by atoms with Crippen molar-refractivity contribution in [2.24, 2.45) is 5.73 Å². The maximum atomic E-state index is 6.03. The summed E-state index contributed by atoms with van der Waals surface area (Å²) in [5.41, 5.74) is 8.67. The molecule has 0 radical (unpaired) electrons. The van der Waals surface area contributed by atoms with Gasteiger partial charge in [-0.25, -0.2) is 0 Å². The summed E-state index contributed by atoms with van der Waals surface area (Å²) in [6, 6.07) is 7.74. The minimum absolute atomic E-state index is 0.576. The largest absolute Gasteiger partial charge is 0.368 e. The van der Waals surface area contributed by atoms with E-state index in [-0.39, 0.29) is 0 Å². The number of nitrogens with two attached hydrogens (primary N) is 1. The van der Waals surface area contributed by atoms with Crippen LogP contribution in [0.3, 0.4) is 0 Å². The van der Waals surface area contributed by atoms with Crippen LogP contribution in [0.15, 0.2) is 23.1 Å². The summed E-state index contributed by atoms with van der Waals surface area (Å²) in [4.78, 5) is 6.31. The van der Waals surface area contributed by atoms with Crippen molar-refractivity contribution in [3.63, 3.8) is 0 Å². The Kier molecular flexibility index (Phi) is 5.35. The molecule has 0 saturated carbocycles. The highest BCUT2D eigenvalue weighted by Crippen LogP contribution is 2.32. The lowest BCUT2D eigenvalue weighted by Gasteiger charge is -2.44. The van der Waals surface area contributed by atoms with Gasteiger partial charge in [-0.2, -0.15) is 0 Å². The third-order valence-electron chi connectivity index (χ3n) is 4.31. The Hall–Kier alpha value is -0.710. The quantitative estimate of drug-likeness (QED) is 0.865. The standard InChI is InChI=1S/C16H27N3S/c1-5-20-16-8-6-7-15(14(16)9-17)19-10-12(2)18(4)13(3)11-19/h6-8,12-13H,5,9-11,17H2,1-4H3. The average molecular weight is 293 g/mol. The first-order valence-electron chi connectivity index (χ1n) is 7.50. The number of hydrogen-bond acceptors (Lipinski definition) is 4. The van der Waals surface area contributed by atoms with Gasteiger partial charge in [0, 0.05) is 47.9 Å². The summed E-state index contributed by atoms with van der Waals surface area (Å²) in [5.74, 6) is 1.09. The van der Waals surface area contributed by atoms with Gasteiger partial charge >= 0.3 is 0 Å². The molecule has 0 aromatic heterocycles. The number of benzene rings is 1. The van der Waals surface area contributed by atoms with Gasteiger partial charge in [0.2, 0.25) is 0 Å². The van der Waals surface area contributed by atoms with Gasteiger partial charge in [-0.15, -0.1) is 11.8 Å². The van der Waals surface area contributed by atoms with Crippen molar-refractivity contribution < 1.29 is 0 Å². The van der Waals surface area contributed by atoms with Gasteiger partial charge in [0.25, 0.3) is 0 Å². The summed E-state index contributed by atoms with van der Waals surface area (Å²) >= 11 is 1.89. The van der Waals surface area contributed by atoms with Gasteiger partial charge < -0.3 is 10.6 Å². The minimum Gasteiger partial charge on any atom is -0.368 e. The van der Waals surface area contributed by atoms with Crippen molar-refractivity contribution in [1.82, 2.24) is 4.90 Å². The zero-order valence-electron chi connectivity index (χ0n) is 13.1. The molecule has 4 heteroatoms. The van der Waals surface area contributed by atoms with Crippen LogP contribution in [0, 0.1) is 0 Å². The van der Waals surface area contributed by atoms with Crippen LogP contribution >= 0.6 is 11.8 Å². The zero-order chi connectivity index (χ0) is 14.7. The van der Waals surface area contributed by atoms with Crippen LogP contribution in [0.2, 0.25) is 0 Å². The number of thioether (sulfide) groups is 1. The molecular weight excluding hydrogens is 266 g/mol. The molecule has 20 heavy (non-hydrogen) atoms. The smallest absolute Gasteiger partial charge is 0.0424 e. The maximum absolute atomic E-state index is 6.03. The molecule has 2 atom stereocenters. The predicted molar refractivity (Wildman–Crippen MR) is 89.6 cm³/mol. The Bertz CT molecular complexity index is 437. The van der Waals surface area contributed by atoms with Crippen LogP contribution in [-0.2, 0) is 6.54 Å². The normalized spacial score (nSPS) is 24.1. The van der Waals surface area contributed by atoms with Crippen LogP contribution in [0.4, 0.5) is 5.69 Å². The summed E-state index contributed by atoms with van der Waals surface area (Å²) in [6.07, 6.45) is 0. The Morgan fingerprint density at radius 1 is 1.25 bits per heavy atom. The lowest BCUT2D eigenvalue weighted by atomic mass is 10.1. The van der Waals surface area contributed by atoms with E-state index in [1.165, 1.54) is 16.1 Å². The molecule has 0 spiro atoms. The minimum atomic E-state index is 0.576. The Morgan fingerprint density at radius 2 is 1.90 bits per heavy atom. The summed E-state index contributed by atoms with van der Waals surface area (Å²) in [7, 11) is 2.22. The third-order valence-corrected chi connectivity index (χ3v) is 5.29. The van der Waals surface area contributed by atoms with Gasteiger partial charge in [0.05, 0.1) is 0 Å². The van der Waals surface area contributed by atoms with E-state index >= 15 is 0 Å². The average Bonchev–Trinajstić information content (AvgIpc) is 2.44. The van der Waals surface area contributed by atoms with Crippen molar-refractivity contribution in [3.05, 3.63) is 23.8 Å². The molecule has 1 fully saturated rings. The van der Waals surface area contributed by atoms with E-state index in [1.807, 2.05) is 11.8 Å². The molecule has 0 aliphatic carbocycles. The summed E-state index contributed by atoms with van der Waals surface area (Å²) in [5, 5.41) is 0. The monoisotopic (exact) mass is 293 g/mol. The summed E-state index contributed by atoms with van der Waals surface area (Å²) < 4.78 is 0. The van der Waals surface area contributed by atoms with E-state index < -0.39 is 0 Å². The summed E-state index contributed by atoms with van der Waals surface area (Å²) in [6.45, 7) is 9.57. The zero-order valence-corrected chi connectivity index (χ0v) is 13.9. The van der Waals surface area contributed by atoms with E-state index in [4.69, 9.17) is 5.73 Å². The molecule has 0 amide bonds. The van der Waals surface area contributed by atoms with E-state index in [9.17, 15) is 0 Å². The van der Waals surface area contributed by atoms with Crippen LogP contribution in [0.5, 0.6) is 0 Å². The first kappa shape index (κ1) is 15.7. The molecule has 112 valence electrons. The van der Waals surface area contributed by atoms with Crippen LogP contribution in [-0.4, -0.2) is 42.9 Å². The number of rotatable bonds is 4. The molecule has 1 aliphatic heterocycles. The van der Waals surface area contributed by atoms with Crippen LogP contribution in [0.1, 0.15) is 26.3 Å². The SMILES string of the molecule is CCSc1cccc(N2CC(C)N(C)C(C)C2)c1CN. The van der Waals surface area contributed by atoms with Crippen molar-refractivity contribution in [1.29, 1.82) is 0 Å². The van der Waals surface area contributed by atoms with Gasteiger partial charge in [-0.1, -0.05) is 13.0 Å². The molecule has 1 aliphatic rings. The molecule has 1 saturated heterocycles. The highest BCUT2D eigenvalue weighted by Gasteiger charge is 2.27. The topological polar surface area (TPSA) is 32.5 Å². The number of piperazine rings is 1. The molecule has 0 bridgehead atoms. The van der Waals surface area contributed by atoms with Crippen molar-refractivity contribution in [2.75, 3.05) is 30.8 Å². The van der Waals surface area contributed by atoms with Crippen molar-refractivity contribution >= 4 is 17.4 Å². The second kappa shape index (κ2) is 6.83. The lowest BCUT2D eigenvalue weighted by Crippen LogP contribution is -2.55. The fourth-order valence-electron chi connectivity index (χ4n) is 2.95. The molecule has 2 unspecified atom stereocenters. The first-order valence-corrected chi connectivity index (χ1v) is 8.48. The van der Waals surface area contributed by atoms with E-state index in [0.29, 0.717) is 18.6 Å². The Labute approximate surface area is 127 Å².